The van der Waals surface area contributed by atoms with Gasteiger partial charge in [-0.05, 0) is 29.8 Å². The van der Waals surface area contributed by atoms with Gasteiger partial charge in [-0.15, -0.1) is 0 Å². The Labute approximate surface area is 123 Å². The molecule has 3 rings (SSSR count). The average molecular weight is 280 g/mol. The first-order valence-corrected chi connectivity index (χ1v) is 6.68. The van der Waals surface area contributed by atoms with Crippen molar-refractivity contribution in [2.24, 2.45) is 0 Å². The van der Waals surface area contributed by atoms with Crippen LogP contribution in [0.25, 0.3) is 11.4 Å². The predicted molar refractivity (Wildman–Crippen MR) is 82.1 cm³/mol. The summed E-state index contributed by atoms with van der Waals surface area (Å²) < 4.78 is 5.15. The van der Waals surface area contributed by atoms with Crippen LogP contribution in [-0.4, -0.2) is 22.3 Å². The summed E-state index contributed by atoms with van der Waals surface area (Å²) in [6.07, 6.45) is 1.51. The highest BCUT2D eigenvalue weighted by atomic mass is 16.5. The third kappa shape index (κ3) is 3.20. The van der Waals surface area contributed by atoms with Crippen LogP contribution in [-0.2, 0) is 6.54 Å². The molecule has 106 valence electrons. The van der Waals surface area contributed by atoms with Crippen molar-refractivity contribution in [2.75, 3.05) is 12.4 Å². The molecule has 0 bridgehead atoms. The van der Waals surface area contributed by atoms with Crippen LogP contribution in [0.5, 0.6) is 5.75 Å². The minimum Gasteiger partial charge on any atom is -0.497 e. The minimum atomic E-state index is 0.754. The van der Waals surface area contributed by atoms with Gasteiger partial charge in [-0.3, -0.25) is 5.10 Å². The Morgan fingerprint density at radius 2 is 2.00 bits per heavy atom. The third-order valence-electron chi connectivity index (χ3n) is 3.21. The van der Waals surface area contributed by atoms with Gasteiger partial charge in [-0.25, -0.2) is 4.98 Å². The maximum Gasteiger partial charge on any atom is 0.155 e. The SMILES string of the molecule is COc1ccc(CNc2cccc(-c3ncn[nH]3)c2)cc1. The first-order chi connectivity index (χ1) is 10.3. The predicted octanol–water partition coefficient (Wildman–Crippen LogP) is 3.09. The monoisotopic (exact) mass is 280 g/mol. The molecule has 0 aliphatic rings. The average Bonchev–Trinajstić information content (AvgIpc) is 3.08. The minimum absolute atomic E-state index is 0.754. The van der Waals surface area contributed by atoms with E-state index in [0.717, 1.165) is 29.4 Å². The van der Waals surface area contributed by atoms with Crippen molar-refractivity contribution in [3.8, 4) is 17.1 Å². The summed E-state index contributed by atoms with van der Waals surface area (Å²) in [6, 6.07) is 16.1. The first kappa shape index (κ1) is 13.2. The van der Waals surface area contributed by atoms with Gasteiger partial charge in [0, 0.05) is 17.8 Å². The number of nitrogens with zero attached hydrogens (tertiary/aromatic N) is 2. The Bertz CT molecular complexity index is 693. The highest BCUT2D eigenvalue weighted by Gasteiger charge is 2.02. The zero-order valence-electron chi connectivity index (χ0n) is 11.7. The van der Waals surface area contributed by atoms with Crippen LogP contribution >= 0.6 is 0 Å². The van der Waals surface area contributed by atoms with Gasteiger partial charge in [0.15, 0.2) is 5.82 Å². The number of nitrogens with one attached hydrogen (secondary N) is 2. The molecule has 2 N–H and O–H groups in total. The van der Waals surface area contributed by atoms with E-state index < -0.39 is 0 Å². The van der Waals surface area contributed by atoms with Gasteiger partial charge in [0.1, 0.15) is 12.1 Å². The van der Waals surface area contributed by atoms with Gasteiger partial charge < -0.3 is 10.1 Å². The fourth-order valence-corrected chi connectivity index (χ4v) is 2.07. The number of methoxy groups -OCH3 is 1. The lowest BCUT2D eigenvalue weighted by Crippen LogP contribution is -1.99. The normalized spacial score (nSPS) is 10.3. The molecule has 5 heteroatoms. The number of hydrogen-bond donors (Lipinski definition) is 2. The number of ether oxygens (including phenoxy) is 1. The summed E-state index contributed by atoms with van der Waals surface area (Å²) >= 11 is 0. The summed E-state index contributed by atoms with van der Waals surface area (Å²) in [4.78, 5) is 4.16. The van der Waals surface area contributed by atoms with E-state index in [2.05, 4.69) is 20.5 Å². The quantitative estimate of drug-likeness (QED) is 0.754. The molecule has 5 nitrogen and oxygen atoms in total. The second-order valence-corrected chi connectivity index (χ2v) is 4.62. The summed E-state index contributed by atoms with van der Waals surface area (Å²) in [5, 5.41) is 10.1. The molecule has 0 aliphatic heterocycles. The number of benzene rings is 2. The van der Waals surface area contributed by atoms with Crippen LogP contribution in [0.4, 0.5) is 5.69 Å². The molecule has 0 atom stereocenters. The van der Waals surface area contributed by atoms with E-state index in [1.54, 1.807) is 7.11 Å². The lowest BCUT2D eigenvalue weighted by atomic mass is 10.1. The van der Waals surface area contributed by atoms with E-state index in [4.69, 9.17) is 4.74 Å². The van der Waals surface area contributed by atoms with Crippen molar-refractivity contribution in [1.82, 2.24) is 15.2 Å². The molecular weight excluding hydrogens is 264 g/mol. The number of aromatic nitrogens is 3. The van der Waals surface area contributed by atoms with Gasteiger partial charge in [0.25, 0.3) is 0 Å². The Kier molecular flexibility index (Phi) is 3.82. The van der Waals surface area contributed by atoms with Gasteiger partial charge in [0.05, 0.1) is 7.11 Å². The molecule has 0 radical (unpaired) electrons. The molecule has 1 aromatic heterocycles. The molecule has 0 saturated carbocycles. The molecule has 0 aliphatic carbocycles. The molecule has 0 spiro atoms. The number of rotatable bonds is 5. The van der Waals surface area contributed by atoms with E-state index in [1.807, 2.05) is 48.5 Å². The van der Waals surface area contributed by atoms with Crippen LogP contribution in [0.1, 0.15) is 5.56 Å². The third-order valence-corrected chi connectivity index (χ3v) is 3.21. The largest absolute Gasteiger partial charge is 0.497 e. The van der Waals surface area contributed by atoms with Crippen molar-refractivity contribution < 1.29 is 4.74 Å². The smallest absolute Gasteiger partial charge is 0.155 e. The summed E-state index contributed by atoms with van der Waals surface area (Å²) in [5.74, 6) is 1.63. The van der Waals surface area contributed by atoms with E-state index in [9.17, 15) is 0 Å². The number of hydrogen-bond acceptors (Lipinski definition) is 4. The van der Waals surface area contributed by atoms with Crippen molar-refractivity contribution >= 4 is 5.69 Å². The van der Waals surface area contributed by atoms with Crippen LogP contribution in [0.2, 0.25) is 0 Å². The maximum absolute atomic E-state index is 5.15. The number of anilines is 1. The standard InChI is InChI=1S/C16H16N4O/c1-21-15-7-5-12(6-8-15)10-17-14-4-2-3-13(9-14)16-18-11-19-20-16/h2-9,11,17H,10H2,1H3,(H,18,19,20). The van der Waals surface area contributed by atoms with Crippen LogP contribution in [0.15, 0.2) is 54.9 Å². The summed E-state index contributed by atoms with van der Waals surface area (Å²) in [7, 11) is 1.67. The Morgan fingerprint density at radius 1 is 1.14 bits per heavy atom. The number of H-pyrrole nitrogens is 1. The van der Waals surface area contributed by atoms with E-state index in [0.29, 0.717) is 0 Å². The Balaban J connectivity index is 1.68. The van der Waals surface area contributed by atoms with E-state index in [1.165, 1.54) is 11.9 Å². The zero-order valence-corrected chi connectivity index (χ0v) is 11.7. The highest BCUT2D eigenvalue weighted by molar-refractivity contribution is 5.62. The molecule has 21 heavy (non-hydrogen) atoms. The maximum atomic E-state index is 5.15. The van der Waals surface area contributed by atoms with Gasteiger partial charge in [-0.1, -0.05) is 24.3 Å². The molecule has 0 amide bonds. The van der Waals surface area contributed by atoms with Crippen molar-refractivity contribution in [2.45, 2.75) is 6.54 Å². The second kappa shape index (κ2) is 6.09. The lowest BCUT2D eigenvalue weighted by molar-refractivity contribution is 0.414. The molecule has 0 unspecified atom stereocenters. The first-order valence-electron chi connectivity index (χ1n) is 6.68. The molecule has 2 aromatic carbocycles. The van der Waals surface area contributed by atoms with Crippen LogP contribution in [0, 0.1) is 0 Å². The van der Waals surface area contributed by atoms with Crippen LogP contribution < -0.4 is 10.1 Å². The molecule has 0 saturated heterocycles. The van der Waals surface area contributed by atoms with Gasteiger partial charge in [0.2, 0.25) is 0 Å². The zero-order chi connectivity index (χ0) is 14.5. The summed E-state index contributed by atoms with van der Waals surface area (Å²) in [6.45, 7) is 0.754. The van der Waals surface area contributed by atoms with Crippen molar-refractivity contribution in [3.63, 3.8) is 0 Å². The Hall–Kier alpha value is -2.82. The fraction of sp³-hybridized carbons (Fsp3) is 0.125. The van der Waals surface area contributed by atoms with E-state index >= 15 is 0 Å². The van der Waals surface area contributed by atoms with Gasteiger partial charge in [-0.2, -0.15) is 5.10 Å². The fourth-order valence-electron chi connectivity index (χ4n) is 2.07. The molecule has 1 heterocycles. The highest BCUT2D eigenvalue weighted by Crippen LogP contribution is 2.19. The topological polar surface area (TPSA) is 62.8 Å². The molecule has 0 fully saturated rings. The molecule has 3 aromatic rings. The molecular formula is C16H16N4O. The van der Waals surface area contributed by atoms with E-state index in [-0.39, 0.29) is 0 Å². The van der Waals surface area contributed by atoms with Crippen LogP contribution in [0.3, 0.4) is 0 Å². The Morgan fingerprint density at radius 3 is 2.71 bits per heavy atom. The van der Waals surface area contributed by atoms with Crippen molar-refractivity contribution in [1.29, 1.82) is 0 Å². The number of aromatic amines is 1. The van der Waals surface area contributed by atoms with Crippen molar-refractivity contribution in [3.05, 3.63) is 60.4 Å². The van der Waals surface area contributed by atoms with Gasteiger partial charge >= 0.3 is 0 Å². The summed E-state index contributed by atoms with van der Waals surface area (Å²) in [5.41, 5.74) is 3.24. The second-order valence-electron chi connectivity index (χ2n) is 4.62. The lowest BCUT2D eigenvalue weighted by Gasteiger charge is -2.08.